The van der Waals surface area contributed by atoms with Crippen LogP contribution in [0.15, 0.2) is 22.7 Å². The van der Waals surface area contributed by atoms with Crippen LogP contribution in [-0.4, -0.2) is 17.6 Å². The molecule has 1 aromatic carbocycles. The Balaban J connectivity index is 1.85. The van der Waals surface area contributed by atoms with Crippen molar-refractivity contribution >= 4 is 17.4 Å². The molecule has 0 radical (unpaired) electrons. The van der Waals surface area contributed by atoms with Gasteiger partial charge in [-0.25, -0.2) is 0 Å². The van der Waals surface area contributed by atoms with E-state index in [9.17, 15) is 4.79 Å². The zero-order chi connectivity index (χ0) is 15.4. The molecule has 0 aliphatic rings. The lowest BCUT2D eigenvalue weighted by atomic mass is 10.1. The minimum Gasteiger partial charge on any atom is -0.384 e. The van der Waals surface area contributed by atoms with E-state index in [0.717, 1.165) is 5.69 Å². The van der Waals surface area contributed by atoms with Crippen LogP contribution in [-0.2, 0) is 4.79 Å². The van der Waals surface area contributed by atoms with Crippen molar-refractivity contribution in [3.05, 3.63) is 40.6 Å². The fraction of sp³-hybridized carbons (Fsp3) is 0.375. The Morgan fingerprint density at radius 1 is 1.14 bits per heavy atom. The summed E-state index contributed by atoms with van der Waals surface area (Å²) in [6.07, 6.45) is 0.374. The maximum absolute atomic E-state index is 11.8. The van der Waals surface area contributed by atoms with Gasteiger partial charge in [0, 0.05) is 24.7 Å². The number of amides is 1. The maximum Gasteiger partial charge on any atom is 0.227 e. The Hall–Kier alpha value is -2.30. The minimum absolute atomic E-state index is 0.0850. The van der Waals surface area contributed by atoms with Gasteiger partial charge in [0.25, 0.3) is 0 Å². The molecule has 0 fully saturated rings. The summed E-state index contributed by atoms with van der Waals surface area (Å²) < 4.78 is 4.90. The van der Waals surface area contributed by atoms with Crippen molar-refractivity contribution in [1.82, 2.24) is 5.16 Å². The van der Waals surface area contributed by atoms with E-state index in [2.05, 4.69) is 48.7 Å². The standard InChI is InChI=1S/C16H21N3O2/c1-10-7-11(2)16(12(3)8-10)17-6-5-15(20)18-14-9-13(4)21-19-14/h7-9,17H,5-6H2,1-4H3,(H,18,19,20). The Morgan fingerprint density at radius 2 is 1.81 bits per heavy atom. The normalized spacial score (nSPS) is 10.5. The van der Waals surface area contributed by atoms with Gasteiger partial charge in [0.1, 0.15) is 5.76 Å². The Kier molecular flexibility index (Phi) is 4.62. The number of benzene rings is 1. The molecule has 0 saturated carbocycles. The number of hydrogen-bond acceptors (Lipinski definition) is 4. The third-order valence-electron chi connectivity index (χ3n) is 3.23. The molecule has 2 N–H and O–H groups in total. The topological polar surface area (TPSA) is 67.2 Å². The predicted octanol–water partition coefficient (Wildman–Crippen LogP) is 3.35. The molecule has 0 atom stereocenters. The first-order valence-electron chi connectivity index (χ1n) is 7.00. The molecule has 5 heteroatoms. The van der Waals surface area contributed by atoms with Crippen molar-refractivity contribution in [2.24, 2.45) is 0 Å². The average Bonchev–Trinajstić information content (AvgIpc) is 2.78. The fourth-order valence-corrected chi connectivity index (χ4v) is 2.39. The van der Waals surface area contributed by atoms with Crippen LogP contribution in [0.1, 0.15) is 28.9 Å². The molecule has 0 aliphatic heterocycles. The van der Waals surface area contributed by atoms with Gasteiger partial charge in [0.15, 0.2) is 5.82 Å². The molecular formula is C16H21N3O2. The highest BCUT2D eigenvalue weighted by molar-refractivity contribution is 5.90. The van der Waals surface area contributed by atoms with Crippen LogP contribution in [0.4, 0.5) is 11.5 Å². The number of anilines is 2. The van der Waals surface area contributed by atoms with Crippen molar-refractivity contribution in [2.75, 3.05) is 17.2 Å². The van der Waals surface area contributed by atoms with Crippen LogP contribution in [0.25, 0.3) is 0 Å². The highest BCUT2D eigenvalue weighted by Gasteiger charge is 2.07. The fourth-order valence-electron chi connectivity index (χ4n) is 2.39. The Bertz CT molecular complexity index is 624. The van der Waals surface area contributed by atoms with Gasteiger partial charge in [-0.05, 0) is 38.8 Å². The number of rotatable bonds is 5. The molecule has 0 unspecified atom stereocenters. The Labute approximate surface area is 124 Å². The van der Waals surface area contributed by atoms with E-state index in [-0.39, 0.29) is 5.91 Å². The lowest BCUT2D eigenvalue weighted by Gasteiger charge is -2.13. The summed E-state index contributed by atoms with van der Waals surface area (Å²) in [5.41, 5.74) is 4.74. The smallest absolute Gasteiger partial charge is 0.227 e. The third kappa shape index (κ3) is 4.08. The molecular weight excluding hydrogens is 266 g/mol. The molecule has 2 aromatic rings. The SMILES string of the molecule is Cc1cc(C)c(NCCC(=O)Nc2cc(C)on2)c(C)c1. The molecule has 2 rings (SSSR count). The van der Waals surface area contributed by atoms with Gasteiger partial charge in [-0.3, -0.25) is 4.79 Å². The monoisotopic (exact) mass is 287 g/mol. The van der Waals surface area contributed by atoms with Gasteiger partial charge in [-0.2, -0.15) is 0 Å². The average molecular weight is 287 g/mol. The van der Waals surface area contributed by atoms with Crippen LogP contribution in [0.2, 0.25) is 0 Å². The van der Waals surface area contributed by atoms with E-state index >= 15 is 0 Å². The summed E-state index contributed by atoms with van der Waals surface area (Å²) in [4.78, 5) is 11.8. The third-order valence-corrected chi connectivity index (χ3v) is 3.23. The van der Waals surface area contributed by atoms with Gasteiger partial charge < -0.3 is 15.2 Å². The minimum atomic E-state index is -0.0850. The number of aryl methyl sites for hydroxylation is 4. The van der Waals surface area contributed by atoms with Crippen LogP contribution in [0.5, 0.6) is 0 Å². The number of carbonyl (C=O) groups is 1. The first kappa shape index (κ1) is 15.1. The molecule has 21 heavy (non-hydrogen) atoms. The molecule has 1 aromatic heterocycles. The largest absolute Gasteiger partial charge is 0.384 e. The molecule has 0 aliphatic carbocycles. The highest BCUT2D eigenvalue weighted by atomic mass is 16.5. The van der Waals surface area contributed by atoms with E-state index < -0.39 is 0 Å². The van der Waals surface area contributed by atoms with Gasteiger partial charge in [0.05, 0.1) is 0 Å². The maximum atomic E-state index is 11.8. The predicted molar refractivity (Wildman–Crippen MR) is 83.6 cm³/mol. The van der Waals surface area contributed by atoms with Crippen LogP contribution in [0.3, 0.4) is 0 Å². The first-order valence-corrected chi connectivity index (χ1v) is 7.00. The summed E-state index contributed by atoms with van der Waals surface area (Å²) in [5.74, 6) is 1.05. The van der Waals surface area contributed by atoms with Crippen molar-refractivity contribution in [1.29, 1.82) is 0 Å². The zero-order valence-electron chi connectivity index (χ0n) is 12.9. The summed E-state index contributed by atoms with van der Waals surface area (Å²) in [6.45, 7) is 8.58. The van der Waals surface area contributed by atoms with Crippen LogP contribution < -0.4 is 10.6 Å². The van der Waals surface area contributed by atoms with Crippen molar-refractivity contribution in [3.8, 4) is 0 Å². The summed E-state index contributed by atoms with van der Waals surface area (Å²) in [6, 6.07) is 5.96. The van der Waals surface area contributed by atoms with Gasteiger partial charge >= 0.3 is 0 Å². The van der Waals surface area contributed by atoms with E-state index in [1.54, 1.807) is 13.0 Å². The van der Waals surface area contributed by atoms with E-state index in [0.29, 0.717) is 24.5 Å². The molecule has 112 valence electrons. The second kappa shape index (κ2) is 6.43. The van der Waals surface area contributed by atoms with Gasteiger partial charge in [0.2, 0.25) is 5.91 Å². The molecule has 0 saturated heterocycles. The molecule has 1 amide bonds. The summed E-state index contributed by atoms with van der Waals surface area (Å²) >= 11 is 0. The summed E-state index contributed by atoms with van der Waals surface area (Å²) in [7, 11) is 0. The molecule has 0 bridgehead atoms. The highest BCUT2D eigenvalue weighted by Crippen LogP contribution is 2.21. The quantitative estimate of drug-likeness (QED) is 0.885. The summed E-state index contributed by atoms with van der Waals surface area (Å²) in [5, 5.41) is 9.76. The number of nitrogens with zero attached hydrogens (tertiary/aromatic N) is 1. The van der Waals surface area contributed by atoms with E-state index in [4.69, 9.17) is 4.52 Å². The number of carbonyl (C=O) groups excluding carboxylic acids is 1. The number of hydrogen-bond donors (Lipinski definition) is 2. The zero-order valence-corrected chi connectivity index (χ0v) is 12.9. The molecule has 1 heterocycles. The van der Waals surface area contributed by atoms with Crippen molar-refractivity contribution < 1.29 is 9.32 Å². The first-order chi connectivity index (χ1) is 9.95. The lowest BCUT2D eigenvalue weighted by Crippen LogP contribution is -2.17. The number of nitrogens with one attached hydrogen (secondary N) is 2. The van der Waals surface area contributed by atoms with Crippen molar-refractivity contribution in [3.63, 3.8) is 0 Å². The van der Waals surface area contributed by atoms with Crippen LogP contribution in [0, 0.1) is 27.7 Å². The van der Waals surface area contributed by atoms with Gasteiger partial charge in [-0.1, -0.05) is 22.9 Å². The second-order valence-electron chi connectivity index (χ2n) is 5.32. The van der Waals surface area contributed by atoms with E-state index in [1.807, 2.05) is 0 Å². The number of aromatic nitrogens is 1. The molecule has 0 spiro atoms. The Morgan fingerprint density at radius 3 is 2.38 bits per heavy atom. The lowest BCUT2D eigenvalue weighted by molar-refractivity contribution is -0.116. The van der Waals surface area contributed by atoms with Crippen molar-refractivity contribution in [2.45, 2.75) is 34.1 Å². The second-order valence-corrected chi connectivity index (χ2v) is 5.32. The van der Waals surface area contributed by atoms with E-state index in [1.165, 1.54) is 16.7 Å². The van der Waals surface area contributed by atoms with Gasteiger partial charge in [-0.15, -0.1) is 0 Å². The molecule has 5 nitrogen and oxygen atoms in total. The van der Waals surface area contributed by atoms with Crippen LogP contribution >= 0.6 is 0 Å².